The number of carbonyl (C=O) groups excluding carboxylic acids is 5. The molecule has 3 fully saturated rings. The fourth-order valence-electron chi connectivity index (χ4n) is 8.88. The minimum atomic E-state index is -2.56. The Balaban J connectivity index is 0.755. The van der Waals surface area contributed by atoms with Crippen molar-refractivity contribution in [2.45, 2.75) is 61.9 Å². The van der Waals surface area contributed by atoms with E-state index in [0.29, 0.717) is 51.7 Å². The molecule has 8 rings (SSSR count). The van der Waals surface area contributed by atoms with Crippen LogP contribution in [-0.4, -0.2) is 132 Å². The topological polar surface area (TPSA) is 186 Å². The summed E-state index contributed by atoms with van der Waals surface area (Å²) in [5.74, 6) is 0.233. The third-order valence-corrected chi connectivity index (χ3v) is 15.3. The van der Waals surface area contributed by atoms with E-state index in [1.165, 1.54) is 6.20 Å². The number of hydrogen-bond acceptors (Lipinski definition) is 14. The molecule has 5 amide bonds. The SMILES string of the molecule is COc1cc(N2CCC(N3CCN(C(=O)CCCCSc4ccc5c(c4)C(=O)N(C4CCC(=O)NC4=O)C5=O)CC3)CC2)ccc1Nc1ncc(Cl)c(Nc2ccccc2P(C)(C)=O)n1. The van der Waals surface area contributed by atoms with Gasteiger partial charge in [0.1, 0.15) is 24.0 Å². The van der Waals surface area contributed by atoms with Gasteiger partial charge in [-0.05, 0) is 93.7 Å². The van der Waals surface area contributed by atoms with Crippen LogP contribution in [0.4, 0.5) is 28.8 Å². The Kier molecular flexibility index (Phi) is 14.1. The predicted molar refractivity (Wildman–Crippen MR) is 253 cm³/mol. The summed E-state index contributed by atoms with van der Waals surface area (Å²) in [6, 6.07) is 18.1. The number of nitrogens with zero attached hydrogens (tertiary/aromatic N) is 6. The summed E-state index contributed by atoms with van der Waals surface area (Å²) in [6.45, 7) is 8.41. The normalized spacial score (nSPS) is 18.5. The number of aromatic nitrogens is 2. The van der Waals surface area contributed by atoms with Crippen LogP contribution in [0.5, 0.6) is 5.75 Å². The quantitative estimate of drug-likeness (QED) is 0.0518. The van der Waals surface area contributed by atoms with Crippen molar-refractivity contribution in [3.8, 4) is 5.75 Å². The van der Waals surface area contributed by atoms with Crippen LogP contribution in [0, 0.1) is 0 Å². The number of ether oxygens (including phenoxy) is 1. The number of amides is 5. The predicted octanol–water partition coefficient (Wildman–Crippen LogP) is 6.35. The van der Waals surface area contributed by atoms with E-state index in [2.05, 4.69) is 41.8 Å². The fraction of sp³-hybridized carbons (Fsp3) is 0.413. The van der Waals surface area contributed by atoms with Crippen molar-refractivity contribution in [1.82, 2.24) is 30.0 Å². The van der Waals surface area contributed by atoms with Crippen LogP contribution in [0.2, 0.25) is 5.02 Å². The average Bonchev–Trinajstić information content (AvgIpc) is 3.54. The van der Waals surface area contributed by atoms with Crippen LogP contribution < -0.4 is 30.9 Å². The lowest BCUT2D eigenvalue weighted by Gasteiger charge is -2.43. The highest BCUT2D eigenvalue weighted by atomic mass is 35.5. The third kappa shape index (κ3) is 10.5. The first kappa shape index (κ1) is 46.1. The zero-order valence-corrected chi connectivity index (χ0v) is 39.1. The Morgan fingerprint density at radius 2 is 1.65 bits per heavy atom. The summed E-state index contributed by atoms with van der Waals surface area (Å²) in [4.78, 5) is 81.0. The number of carbonyl (C=O) groups is 5. The number of hydrogen-bond donors (Lipinski definition) is 3. The van der Waals surface area contributed by atoms with Crippen molar-refractivity contribution in [3.63, 3.8) is 0 Å². The van der Waals surface area contributed by atoms with Gasteiger partial charge in [0.05, 0.1) is 35.8 Å². The second-order valence-corrected chi connectivity index (χ2v) is 21.7. The number of halogens is 1. The lowest BCUT2D eigenvalue weighted by Crippen LogP contribution is -2.54. The molecule has 4 aliphatic rings. The number of nitrogens with one attached hydrogen (secondary N) is 3. The number of para-hydroxylation sites is 1. The van der Waals surface area contributed by atoms with E-state index >= 15 is 0 Å². The standard InChI is InChI=1S/C46H53ClN9O7PS/c1-63-38-26-30(11-14-35(38)50-46-48-28-34(47)42(52-46)49-36-8-4-5-9-39(36)64(2,3)62)53-19-17-29(18-20-53)54-21-23-55(24-22-54)41(58)10-6-7-25-65-31-12-13-32-33(27-31)45(61)56(44(32)60)37-15-16-40(57)51-43(37)59/h4-5,8-9,11-14,26-29,37H,6-7,10,15-25H2,1-3H3,(H,51,57,59)(H2,48,49,50,52). The molecule has 0 saturated carbocycles. The lowest BCUT2D eigenvalue weighted by atomic mass is 10.0. The monoisotopic (exact) mass is 941 g/mol. The molecule has 16 nitrogen and oxygen atoms in total. The van der Waals surface area contributed by atoms with Gasteiger partial charge in [0.25, 0.3) is 11.8 Å². The number of thioether (sulfide) groups is 1. The van der Waals surface area contributed by atoms with E-state index in [1.807, 2.05) is 41.3 Å². The number of piperazine rings is 1. The number of methoxy groups -OCH3 is 1. The van der Waals surface area contributed by atoms with Crippen LogP contribution in [0.25, 0.3) is 0 Å². The van der Waals surface area contributed by atoms with Crippen molar-refractivity contribution in [2.24, 2.45) is 0 Å². The van der Waals surface area contributed by atoms with E-state index < -0.39 is 36.8 Å². The number of unbranched alkanes of at least 4 members (excludes halogenated alkanes) is 1. The molecular formula is C46H53ClN9O7PS. The molecule has 1 atom stereocenters. The lowest BCUT2D eigenvalue weighted by molar-refractivity contribution is -0.136. The molecular weight excluding hydrogens is 889 g/mol. The highest BCUT2D eigenvalue weighted by molar-refractivity contribution is 7.99. The Morgan fingerprint density at radius 1 is 0.892 bits per heavy atom. The van der Waals surface area contributed by atoms with Gasteiger partial charge in [-0.3, -0.25) is 39.1 Å². The maximum absolute atomic E-state index is 13.2. The van der Waals surface area contributed by atoms with Crippen LogP contribution in [-0.2, 0) is 18.9 Å². The molecule has 1 aromatic heterocycles. The van der Waals surface area contributed by atoms with Crippen molar-refractivity contribution >= 4 is 94.2 Å². The third-order valence-electron chi connectivity index (χ3n) is 12.4. The maximum atomic E-state index is 13.2. The molecule has 4 aromatic rings. The number of rotatable bonds is 15. The molecule has 4 aliphatic heterocycles. The molecule has 0 spiro atoms. The van der Waals surface area contributed by atoms with E-state index in [1.54, 1.807) is 50.4 Å². The van der Waals surface area contributed by atoms with Crippen LogP contribution in [0.15, 0.2) is 71.8 Å². The van der Waals surface area contributed by atoms with Crippen molar-refractivity contribution in [1.29, 1.82) is 0 Å². The van der Waals surface area contributed by atoms with Gasteiger partial charge < -0.3 is 29.7 Å². The van der Waals surface area contributed by atoms with Gasteiger partial charge >= 0.3 is 0 Å². The fourth-order valence-corrected chi connectivity index (χ4v) is 11.1. The van der Waals surface area contributed by atoms with Crippen molar-refractivity contribution < 1.29 is 33.3 Å². The van der Waals surface area contributed by atoms with E-state index in [4.69, 9.17) is 16.3 Å². The smallest absolute Gasteiger partial charge is 0.262 e. The maximum Gasteiger partial charge on any atom is 0.262 e. The summed E-state index contributed by atoms with van der Waals surface area (Å²) < 4.78 is 18.7. The summed E-state index contributed by atoms with van der Waals surface area (Å²) >= 11 is 8.05. The minimum absolute atomic E-state index is 0.0768. The van der Waals surface area contributed by atoms with Gasteiger partial charge in [-0.15, -0.1) is 11.8 Å². The number of imide groups is 2. The van der Waals surface area contributed by atoms with Gasteiger partial charge in [0, 0.05) is 80.1 Å². The molecule has 3 N–H and O–H groups in total. The summed E-state index contributed by atoms with van der Waals surface area (Å²) in [5, 5.41) is 9.76. The Labute approximate surface area is 387 Å². The van der Waals surface area contributed by atoms with E-state index in [-0.39, 0.29) is 29.9 Å². The highest BCUT2D eigenvalue weighted by Crippen LogP contribution is 2.39. The minimum Gasteiger partial charge on any atom is -0.494 e. The molecule has 5 heterocycles. The molecule has 0 bridgehead atoms. The van der Waals surface area contributed by atoms with Crippen molar-refractivity contribution in [3.05, 3.63) is 83.0 Å². The van der Waals surface area contributed by atoms with Crippen LogP contribution >= 0.6 is 30.5 Å². The number of piperidine rings is 2. The number of fused-ring (bicyclic) bond motifs is 1. The van der Waals surface area contributed by atoms with Gasteiger partial charge in [-0.25, -0.2) is 4.98 Å². The zero-order valence-electron chi connectivity index (χ0n) is 36.7. The first-order valence-electron chi connectivity index (χ1n) is 21.9. The Bertz CT molecular complexity index is 2540. The molecule has 0 aliphatic carbocycles. The van der Waals surface area contributed by atoms with Gasteiger partial charge in [-0.2, -0.15) is 4.98 Å². The van der Waals surface area contributed by atoms with E-state index in [9.17, 15) is 28.5 Å². The summed E-state index contributed by atoms with van der Waals surface area (Å²) in [7, 11) is -0.926. The molecule has 0 radical (unpaired) electrons. The zero-order chi connectivity index (χ0) is 45.8. The average molecular weight is 942 g/mol. The molecule has 19 heteroatoms. The molecule has 3 saturated heterocycles. The first-order chi connectivity index (χ1) is 31.3. The second kappa shape index (κ2) is 19.9. The van der Waals surface area contributed by atoms with Crippen LogP contribution in [0.1, 0.15) is 65.7 Å². The Morgan fingerprint density at radius 3 is 2.38 bits per heavy atom. The number of benzene rings is 3. The van der Waals surface area contributed by atoms with E-state index in [0.717, 1.165) is 86.2 Å². The first-order valence-corrected chi connectivity index (χ1v) is 25.9. The molecule has 342 valence electrons. The van der Waals surface area contributed by atoms with Gasteiger partial charge in [-0.1, -0.05) is 23.7 Å². The summed E-state index contributed by atoms with van der Waals surface area (Å²) in [6.07, 6.45) is 5.81. The van der Waals surface area contributed by atoms with Gasteiger partial charge in [0.2, 0.25) is 23.7 Å². The number of anilines is 5. The van der Waals surface area contributed by atoms with Crippen molar-refractivity contribution in [2.75, 3.05) is 81.0 Å². The molecule has 1 unspecified atom stereocenters. The molecule has 3 aromatic carbocycles. The van der Waals surface area contributed by atoms with Gasteiger partial charge in [0.15, 0.2) is 5.82 Å². The second-order valence-electron chi connectivity index (χ2n) is 17.0. The Hall–Kier alpha value is -5.48. The summed E-state index contributed by atoms with van der Waals surface area (Å²) in [5.41, 5.74) is 2.98. The highest BCUT2D eigenvalue weighted by Gasteiger charge is 2.44. The largest absolute Gasteiger partial charge is 0.494 e. The van der Waals surface area contributed by atoms with Crippen LogP contribution in [0.3, 0.4) is 0 Å². The molecule has 65 heavy (non-hydrogen) atoms.